The molecule has 0 radical (unpaired) electrons. The molecule has 2 amide bonds. The maximum absolute atomic E-state index is 10.8. The lowest BCUT2D eigenvalue weighted by molar-refractivity contribution is -0.133. The zero-order valence-electron chi connectivity index (χ0n) is 16.2. The Morgan fingerprint density at radius 2 is 1.04 bits per heavy atom. The maximum Gasteiger partial charge on any atom is 0.219 e. The Bertz CT molecular complexity index is 297. The molecular weight excluding hydrogens is 294 g/mol. The molecule has 0 aliphatic carbocycles. The molecule has 0 atom stereocenters. The van der Waals surface area contributed by atoms with E-state index in [-0.39, 0.29) is 11.8 Å². The first-order valence-corrected chi connectivity index (χ1v) is 8.78. The first-order valence-electron chi connectivity index (χ1n) is 8.78. The highest BCUT2D eigenvalue weighted by atomic mass is 16.5. The smallest absolute Gasteiger partial charge is 0.219 e. The first kappa shape index (κ1) is 24.1. The lowest BCUT2D eigenvalue weighted by Gasteiger charge is -2.31. The van der Waals surface area contributed by atoms with Gasteiger partial charge in [-0.1, -0.05) is 27.7 Å². The summed E-state index contributed by atoms with van der Waals surface area (Å²) in [5, 5.41) is 0. The van der Waals surface area contributed by atoms with E-state index in [4.69, 9.17) is 4.74 Å². The molecule has 0 bridgehead atoms. The average Bonchev–Trinajstić information content (AvgIpc) is 2.60. The summed E-state index contributed by atoms with van der Waals surface area (Å²) < 4.78 is 5.06. The fourth-order valence-electron chi connectivity index (χ4n) is 2.00. The van der Waals surface area contributed by atoms with Crippen LogP contribution in [0.25, 0.3) is 0 Å². The summed E-state index contributed by atoms with van der Waals surface area (Å²) in [4.78, 5) is 27.4. The standard InChI is InChI=1S/C7H14N2O.C6H11NO2.2C2H6/c1-7(10)9-5-3-8(2)4-6-9;1-6(8)7-2-4-9-5-3-7;2*1-2/h3-6H2,1-2H3;2-5H2,1H3;2*1-2H3. The van der Waals surface area contributed by atoms with E-state index in [0.717, 1.165) is 39.3 Å². The highest BCUT2D eigenvalue weighted by molar-refractivity contribution is 5.73. The Morgan fingerprint density at radius 1 is 0.696 bits per heavy atom. The molecule has 2 aliphatic rings. The third-order valence-corrected chi connectivity index (χ3v) is 3.41. The Morgan fingerprint density at radius 3 is 1.35 bits per heavy atom. The second-order valence-electron chi connectivity index (χ2n) is 4.93. The Balaban J connectivity index is 0. The SMILES string of the molecule is CC.CC.CC(=O)N1CCN(C)CC1.CC(=O)N1CCOCC1. The molecule has 0 spiro atoms. The fourth-order valence-corrected chi connectivity index (χ4v) is 2.00. The van der Waals surface area contributed by atoms with Gasteiger partial charge in [-0.15, -0.1) is 0 Å². The summed E-state index contributed by atoms with van der Waals surface area (Å²) in [6.45, 7) is 17.9. The van der Waals surface area contributed by atoms with Gasteiger partial charge in [-0.3, -0.25) is 9.59 Å². The van der Waals surface area contributed by atoms with Crippen molar-refractivity contribution in [3.63, 3.8) is 0 Å². The van der Waals surface area contributed by atoms with Crippen LogP contribution in [0.3, 0.4) is 0 Å². The highest BCUT2D eigenvalue weighted by Crippen LogP contribution is 1.98. The number of rotatable bonds is 0. The van der Waals surface area contributed by atoms with Gasteiger partial charge in [0.05, 0.1) is 13.2 Å². The molecule has 0 unspecified atom stereocenters. The number of carbonyl (C=O) groups is 2. The van der Waals surface area contributed by atoms with Crippen LogP contribution in [0.2, 0.25) is 0 Å². The summed E-state index contributed by atoms with van der Waals surface area (Å²) in [6.07, 6.45) is 0. The zero-order chi connectivity index (χ0) is 18.3. The van der Waals surface area contributed by atoms with Gasteiger partial charge >= 0.3 is 0 Å². The van der Waals surface area contributed by atoms with E-state index in [1.807, 2.05) is 32.6 Å². The quantitative estimate of drug-likeness (QED) is 0.678. The van der Waals surface area contributed by atoms with Crippen molar-refractivity contribution in [2.45, 2.75) is 41.5 Å². The van der Waals surface area contributed by atoms with E-state index in [0.29, 0.717) is 13.2 Å². The van der Waals surface area contributed by atoms with E-state index in [9.17, 15) is 9.59 Å². The van der Waals surface area contributed by atoms with E-state index >= 15 is 0 Å². The van der Waals surface area contributed by atoms with Crippen LogP contribution < -0.4 is 0 Å². The fraction of sp³-hybridized carbons (Fsp3) is 0.882. The monoisotopic (exact) mass is 331 g/mol. The van der Waals surface area contributed by atoms with Crippen molar-refractivity contribution in [3.05, 3.63) is 0 Å². The van der Waals surface area contributed by atoms with E-state index in [2.05, 4.69) is 11.9 Å². The Labute approximate surface area is 142 Å². The third kappa shape index (κ3) is 12.0. The van der Waals surface area contributed by atoms with Gasteiger partial charge in [0.1, 0.15) is 0 Å². The molecular formula is C17H37N3O3. The van der Waals surface area contributed by atoms with Crippen molar-refractivity contribution < 1.29 is 14.3 Å². The molecule has 2 rings (SSSR count). The van der Waals surface area contributed by atoms with Gasteiger partial charge in [0.2, 0.25) is 11.8 Å². The molecule has 2 saturated heterocycles. The molecule has 23 heavy (non-hydrogen) atoms. The summed E-state index contributed by atoms with van der Waals surface area (Å²) in [5.74, 6) is 0.353. The van der Waals surface area contributed by atoms with Crippen molar-refractivity contribution in [1.29, 1.82) is 0 Å². The second kappa shape index (κ2) is 15.7. The van der Waals surface area contributed by atoms with Crippen LogP contribution in [0.1, 0.15) is 41.5 Å². The first-order chi connectivity index (χ1) is 11.0. The number of hydrogen-bond donors (Lipinski definition) is 0. The Kier molecular flexibility index (Phi) is 16.5. The molecule has 0 N–H and O–H groups in total. The van der Waals surface area contributed by atoms with Crippen molar-refractivity contribution in [2.75, 3.05) is 59.5 Å². The molecule has 2 fully saturated rings. The Hall–Kier alpha value is -1.14. The zero-order valence-corrected chi connectivity index (χ0v) is 16.2. The minimum atomic E-state index is 0.151. The lowest BCUT2D eigenvalue weighted by atomic mass is 10.3. The van der Waals surface area contributed by atoms with Gasteiger partial charge in [0.25, 0.3) is 0 Å². The van der Waals surface area contributed by atoms with Gasteiger partial charge < -0.3 is 19.4 Å². The summed E-state index contributed by atoms with van der Waals surface area (Å²) in [6, 6.07) is 0. The molecule has 138 valence electrons. The van der Waals surface area contributed by atoms with Crippen molar-refractivity contribution >= 4 is 11.8 Å². The minimum absolute atomic E-state index is 0.151. The van der Waals surface area contributed by atoms with Gasteiger partial charge in [-0.05, 0) is 7.05 Å². The van der Waals surface area contributed by atoms with Crippen LogP contribution in [-0.2, 0) is 14.3 Å². The number of amides is 2. The molecule has 0 aromatic rings. The van der Waals surface area contributed by atoms with Crippen LogP contribution in [0, 0.1) is 0 Å². The summed E-state index contributed by atoms with van der Waals surface area (Å²) in [7, 11) is 2.08. The number of morpholine rings is 1. The van der Waals surface area contributed by atoms with Crippen LogP contribution in [0.5, 0.6) is 0 Å². The molecule has 6 nitrogen and oxygen atoms in total. The molecule has 0 saturated carbocycles. The van der Waals surface area contributed by atoms with Crippen LogP contribution in [0.15, 0.2) is 0 Å². The number of carbonyl (C=O) groups excluding carboxylic acids is 2. The third-order valence-electron chi connectivity index (χ3n) is 3.41. The van der Waals surface area contributed by atoms with Gasteiger partial charge in [0.15, 0.2) is 0 Å². The van der Waals surface area contributed by atoms with Crippen LogP contribution in [0.4, 0.5) is 0 Å². The number of hydrogen-bond acceptors (Lipinski definition) is 4. The molecule has 2 aliphatic heterocycles. The number of nitrogens with zero attached hydrogens (tertiary/aromatic N) is 3. The predicted molar refractivity (Wildman–Crippen MR) is 95.5 cm³/mol. The minimum Gasteiger partial charge on any atom is -0.378 e. The molecule has 2 heterocycles. The largest absolute Gasteiger partial charge is 0.378 e. The van der Waals surface area contributed by atoms with Gasteiger partial charge in [-0.25, -0.2) is 0 Å². The van der Waals surface area contributed by atoms with Gasteiger partial charge in [-0.2, -0.15) is 0 Å². The molecule has 0 aromatic carbocycles. The van der Waals surface area contributed by atoms with Crippen molar-refractivity contribution in [1.82, 2.24) is 14.7 Å². The van der Waals surface area contributed by atoms with E-state index in [1.54, 1.807) is 18.7 Å². The number of piperazine rings is 1. The molecule has 0 aromatic heterocycles. The van der Waals surface area contributed by atoms with Gasteiger partial charge in [0, 0.05) is 53.1 Å². The number of likely N-dealkylation sites (N-methyl/N-ethyl adjacent to an activating group) is 1. The normalized spacial score (nSPS) is 17.5. The van der Waals surface area contributed by atoms with Crippen LogP contribution >= 0.6 is 0 Å². The summed E-state index contributed by atoms with van der Waals surface area (Å²) >= 11 is 0. The van der Waals surface area contributed by atoms with Crippen LogP contribution in [-0.4, -0.2) is 86.0 Å². The number of ether oxygens (including phenoxy) is 1. The highest BCUT2D eigenvalue weighted by Gasteiger charge is 2.14. The topological polar surface area (TPSA) is 53.1 Å². The maximum atomic E-state index is 10.8. The van der Waals surface area contributed by atoms with E-state index in [1.165, 1.54) is 0 Å². The van der Waals surface area contributed by atoms with Crippen molar-refractivity contribution in [3.8, 4) is 0 Å². The van der Waals surface area contributed by atoms with Crippen molar-refractivity contribution in [2.24, 2.45) is 0 Å². The second-order valence-corrected chi connectivity index (χ2v) is 4.93. The summed E-state index contributed by atoms with van der Waals surface area (Å²) in [5.41, 5.74) is 0. The van der Waals surface area contributed by atoms with E-state index < -0.39 is 0 Å². The predicted octanol–water partition coefficient (Wildman–Crippen LogP) is 1.70. The average molecular weight is 332 g/mol. The lowest BCUT2D eigenvalue weighted by Crippen LogP contribution is -2.46. The molecule has 6 heteroatoms.